The first-order valence-corrected chi connectivity index (χ1v) is 6.79. The van der Waals surface area contributed by atoms with E-state index in [1.807, 2.05) is 6.92 Å². The van der Waals surface area contributed by atoms with E-state index in [2.05, 4.69) is 12.2 Å². The monoisotopic (exact) mass is 253 g/mol. The van der Waals surface area contributed by atoms with Gasteiger partial charge in [0.15, 0.2) is 0 Å². The molecule has 3 atom stereocenters. The molecule has 0 amide bonds. The van der Waals surface area contributed by atoms with Gasteiger partial charge in [0.05, 0.1) is 0 Å². The average Bonchev–Trinajstić information content (AvgIpc) is 2.32. The second-order valence-electron chi connectivity index (χ2n) is 5.42. The average molecular weight is 253 g/mol. The fourth-order valence-corrected chi connectivity index (χ4v) is 2.83. The highest BCUT2D eigenvalue weighted by Gasteiger charge is 2.23. The van der Waals surface area contributed by atoms with Crippen LogP contribution in [0.15, 0.2) is 18.2 Å². The molecule has 1 N–H and O–H groups in total. The lowest BCUT2D eigenvalue weighted by molar-refractivity contribution is 0.262. The number of halogens is 2. The maximum atomic E-state index is 13.7. The molecule has 0 saturated heterocycles. The molecule has 0 aliphatic heterocycles. The Morgan fingerprint density at radius 2 is 1.94 bits per heavy atom. The van der Waals surface area contributed by atoms with Gasteiger partial charge in [-0.25, -0.2) is 8.78 Å². The lowest BCUT2D eigenvalue weighted by Gasteiger charge is -2.32. The Balaban J connectivity index is 2.04. The normalized spacial score (nSPS) is 26.0. The van der Waals surface area contributed by atoms with E-state index < -0.39 is 11.6 Å². The predicted molar refractivity (Wildman–Crippen MR) is 69.3 cm³/mol. The van der Waals surface area contributed by atoms with Gasteiger partial charge in [0.2, 0.25) is 0 Å². The molecule has 1 fully saturated rings. The Bertz CT molecular complexity index is 405. The fraction of sp³-hybridized carbons (Fsp3) is 0.600. The molecular formula is C15H21F2N. The quantitative estimate of drug-likeness (QED) is 0.851. The molecule has 0 bridgehead atoms. The van der Waals surface area contributed by atoms with E-state index in [0.29, 0.717) is 17.5 Å². The van der Waals surface area contributed by atoms with Gasteiger partial charge in [-0.2, -0.15) is 0 Å². The van der Waals surface area contributed by atoms with Crippen molar-refractivity contribution >= 4 is 0 Å². The van der Waals surface area contributed by atoms with Crippen molar-refractivity contribution in [1.82, 2.24) is 5.32 Å². The van der Waals surface area contributed by atoms with Gasteiger partial charge < -0.3 is 5.32 Å². The van der Waals surface area contributed by atoms with Crippen LogP contribution in [0, 0.1) is 17.6 Å². The van der Waals surface area contributed by atoms with E-state index in [1.165, 1.54) is 31.4 Å². The van der Waals surface area contributed by atoms with Crippen LogP contribution in [0.2, 0.25) is 0 Å². The van der Waals surface area contributed by atoms with E-state index in [-0.39, 0.29) is 6.04 Å². The van der Waals surface area contributed by atoms with E-state index in [9.17, 15) is 8.78 Å². The Morgan fingerprint density at radius 3 is 2.61 bits per heavy atom. The Kier molecular flexibility index (Phi) is 4.33. The Labute approximate surface area is 108 Å². The van der Waals surface area contributed by atoms with E-state index in [1.54, 1.807) is 0 Å². The second kappa shape index (κ2) is 5.79. The summed E-state index contributed by atoms with van der Waals surface area (Å²) in [7, 11) is 0. The van der Waals surface area contributed by atoms with Crippen LogP contribution in [-0.2, 0) is 0 Å². The molecule has 1 aromatic rings. The standard InChI is InChI=1S/C15H21F2N/c1-10-5-3-4-6-15(10)18-11(2)13-8-7-12(16)9-14(13)17/h7-11,15,18H,3-6H2,1-2H3. The minimum absolute atomic E-state index is 0.0730. The Morgan fingerprint density at radius 1 is 1.22 bits per heavy atom. The zero-order valence-electron chi connectivity index (χ0n) is 11.0. The topological polar surface area (TPSA) is 12.0 Å². The summed E-state index contributed by atoms with van der Waals surface area (Å²) in [6, 6.07) is 4.18. The van der Waals surface area contributed by atoms with Crippen molar-refractivity contribution in [3.63, 3.8) is 0 Å². The molecule has 0 radical (unpaired) electrons. The zero-order chi connectivity index (χ0) is 13.1. The molecule has 1 saturated carbocycles. The number of rotatable bonds is 3. The van der Waals surface area contributed by atoms with Crippen molar-refractivity contribution < 1.29 is 8.78 Å². The van der Waals surface area contributed by atoms with Gasteiger partial charge in [-0.1, -0.05) is 25.8 Å². The molecule has 1 aromatic carbocycles. The van der Waals surface area contributed by atoms with Gasteiger partial charge in [0.1, 0.15) is 11.6 Å². The van der Waals surface area contributed by atoms with Crippen LogP contribution in [-0.4, -0.2) is 6.04 Å². The highest BCUT2D eigenvalue weighted by molar-refractivity contribution is 5.21. The van der Waals surface area contributed by atoms with Crippen LogP contribution in [0.3, 0.4) is 0 Å². The van der Waals surface area contributed by atoms with Gasteiger partial charge in [0, 0.05) is 23.7 Å². The zero-order valence-corrected chi connectivity index (χ0v) is 11.0. The molecule has 18 heavy (non-hydrogen) atoms. The third-order valence-electron chi connectivity index (χ3n) is 4.00. The molecule has 2 rings (SSSR count). The van der Waals surface area contributed by atoms with Crippen LogP contribution < -0.4 is 5.32 Å². The molecule has 1 nitrogen and oxygen atoms in total. The first kappa shape index (κ1) is 13.5. The van der Waals surface area contributed by atoms with E-state index in [4.69, 9.17) is 0 Å². The molecule has 1 aliphatic rings. The van der Waals surface area contributed by atoms with Crippen molar-refractivity contribution in [2.45, 2.75) is 51.6 Å². The Hall–Kier alpha value is -0.960. The number of hydrogen-bond donors (Lipinski definition) is 1. The number of hydrogen-bond acceptors (Lipinski definition) is 1. The van der Waals surface area contributed by atoms with Crippen molar-refractivity contribution in [3.8, 4) is 0 Å². The minimum Gasteiger partial charge on any atom is -0.307 e. The van der Waals surface area contributed by atoms with Gasteiger partial charge >= 0.3 is 0 Å². The maximum absolute atomic E-state index is 13.7. The summed E-state index contributed by atoms with van der Waals surface area (Å²) in [6.45, 7) is 4.18. The number of benzene rings is 1. The van der Waals surface area contributed by atoms with Crippen molar-refractivity contribution in [1.29, 1.82) is 0 Å². The maximum Gasteiger partial charge on any atom is 0.130 e. The van der Waals surface area contributed by atoms with Gasteiger partial charge in [-0.15, -0.1) is 0 Å². The second-order valence-corrected chi connectivity index (χ2v) is 5.42. The van der Waals surface area contributed by atoms with Crippen molar-refractivity contribution in [2.75, 3.05) is 0 Å². The molecule has 1 aliphatic carbocycles. The molecule has 100 valence electrons. The lowest BCUT2D eigenvalue weighted by atomic mass is 9.85. The lowest BCUT2D eigenvalue weighted by Crippen LogP contribution is -2.38. The van der Waals surface area contributed by atoms with Crippen LogP contribution in [0.5, 0.6) is 0 Å². The van der Waals surface area contributed by atoms with Crippen LogP contribution in [0.25, 0.3) is 0 Å². The molecule has 0 heterocycles. The molecule has 0 aromatic heterocycles. The summed E-state index contributed by atoms with van der Waals surface area (Å²) in [4.78, 5) is 0. The van der Waals surface area contributed by atoms with Crippen LogP contribution >= 0.6 is 0 Å². The smallest absolute Gasteiger partial charge is 0.130 e. The highest BCUT2D eigenvalue weighted by atomic mass is 19.1. The van der Waals surface area contributed by atoms with Crippen molar-refractivity contribution in [3.05, 3.63) is 35.4 Å². The third-order valence-corrected chi connectivity index (χ3v) is 4.00. The molecule has 0 spiro atoms. The SMILES string of the molecule is CC(NC1CCCCC1C)c1ccc(F)cc1F. The first-order chi connectivity index (χ1) is 8.58. The van der Waals surface area contributed by atoms with Gasteiger partial charge in [-0.05, 0) is 31.7 Å². The third kappa shape index (κ3) is 3.08. The predicted octanol–water partition coefficient (Wildman–Crippen LogP) is 4.19. The summed E-state index contributed by atoms with van der Waals surface area (Å²) in [6.07, 6.45) is 4.91. The van der Waals surface area contributed by atoms with Crippen LogP contribution in [0.4, 0.5) is 8.78 Å². The summed E-state index contributed by atoms with van der Waals surface area (Å²) in [5, 5.41) is 3.48. The minimum atomic E-state index is -0.519. The largest absolute Gasteiger partial charge is 0.307 e. The first-order valence-electron chi connectivity index (χ1n) is 6.79. The molecule has 3 unspecified atom stereocenters. The van der Waals surface area contributed by atoms with Crippen LogP contribution in [0.1, 0.15) is 51.1 Å². The van der Waals surface area contributed by atoms with Gasteiger partial charge in [0.25, 0.3) is 0 Å². The molecular weight excluding hydrogens is 232 g/mol. The molecule has 3 heteroatoms. The summed E-state index contributed by atoms with van der Waals surface area (Å²) in [5.41, 5.74) is 0.550. The summed E-state index contributed by atoms with van der Waals surface area (Å²) < 4.78 is 26.5. The van der Waals surface area contributed by atoms with E-state index >= 15 is 0 Å². The van der Waals surface area contributed by atoms with Crippen molar-refractivity contribution in [2.24, 2.45) is 5.92 Å². The highest BCUT2D eigenvalue weighted by Crippen LogP contribution is 2.27. The summed E-state index contributed by atoms with van der Waals surface area (Å²) in [5.74, 6) is -0.349. The van der Waals surface area contributed by atoms with Gasteiger partial charge in [-0.3, -0.25) is 0 Å². The summed E-state index contributed by atoms with van der Waals surface area (Å²) >= 11 is 0. The number of nitrogens with one attached hydrogen (secondary N) is 1. The van der Waals surface area contributed by atoms with E-state index in [0.717, 1.165) is 12.5 Å². The fourth-order valence-electron chi connectivity index (χ4n) is 2.83.